The van der Waals surface area contributed by atoms with Crippen molar-refractivity contribution >= 4 is 11.4 Å². The van der Waals surface area contributed by atoms with E-state index in [1.807, 2.05) is 12.3 Å². The monoisotopic (exact) mass is 193 g/mol. The Morgan fingerprint density at radius 2 is 2.14 bits per heavy atom. The van der Waals surface area contributed by atoms with Crippen LogP contribution in [0.1, 0.15) is 27.2 Å². The average Bonchev–Trinajstić information content (AvgIpc) is 2.19. The van der Waals surface area contributed by atoms with E-state index in [9.17, 15) is 0 Å². The van der Waals surface area contributed by atoms with Crippen LogP contribution >= 0.6 is 0 Å². The molecule has 1 atom stereocenters. The first-order valence-corrected chi connectivity index (χ1v) is 5.16. The molecule has 14 heavy (non-hydrogen) atoms. The Kier molecular flexibility index (Phi) is 3.74. The molecule has 1 aromatic rings. The van der Waals surface area contributed by atoms with E-state index in [2.05, 4.69) is 30.7 Å². The van der Waals surface area contributed by atoms with Crippen LogP contribution in [0.5, 0.6) is 0 Å². The molecular formula is C11H19N3. The first-order valence-electron chi connectivity index (χ1n) is 5.16. The SMILES string of the molecule is CCC(C)N(CC)c1cncc(N)c1. The Bertz CT molecular complexity index is 286. The van der Waals surface area contributed by atoms with Gasteiger partial charge in [0.2, 0.25) is 0 Å². The first kappa shape index (κ1) is 10.8. The third kappa shape index (κ3) is 2.37. The minimum absolute atomic E-state index is 0.531. The van der Waals surface area contributed by atoms with Crippen molar-refractivity contribution in [3.05, 3.63) is 18.5 Å². The number of nitrogens with two attached hydrogens (primary N) is 1. The molecule has 0 radical (unpaired) electrons. The minimum Gasteiger partial charge on any atom is -0.397 e. The topological polar surface area (TPSA) is 42.2 Å². The summed E-state index contributed by atoms with van der Waals surface area (Å²) < 4.78 is 0. The lowest BCUT2D eigenvalue weighted by Crippen LogP contribution is -2.32. The summed E-state index contributed by atoms with van der Waals surface area (Å²) in [6.07, 6.45) is 4.67. The fraction of sp³-hybridized carbons (Fsp3) is 0.545. The highest BCUT2D eigenvalue weighted by Crippen LogP contribution is 2.19. The quantitative estimate of drug-likeness (QED) is 0.797. The van der Waals surface area contributed by atoms with Crippen molar-refractivity contribution < 1.29 is 0 Å². The molecule has 0 saturated heterocycles. The van der Waals surface area contributed by atoms with Crippen LogP contribution < -0.4 is 10.6 Å². The summed E-state index contributed by atoms with van der Waals surface area (Å²) in [6, 6.07) is 2.51. The molecule has 1 rings (SSSR count). The third-order valence-electron chi connectivity index (χ3n) is 2.54. The number of rotatable bonds is 4. The second-order valence-corrected chi connectivity index (χ2v) is 3.52. The van der Waals surface area contributed by atoms with Crippen molar-refractivity contribution in [2.24, 2.45) is 0 Å². The maximum absolute atomic E-state index is 5.70. The number of anilines is 2. The van der Waals surface area contributed by atoms with E-state index in [0.717, 1.165) is 24.3 Å². The van der Waals surface area contributed by atoms with Crippen molar-refractivity contribution in [3.63, 3.8) is 0 Å². The van der Waals surface area contributed by atoms with Gasteiger partial charge in [0.25, 0.3) is 0 Å². The van der Waals surface area contributed by atoms with Gasteiger partial charge in [0.05, 0.1) is 17.6 Å². The third-order valence-corrected chi connectivity index (χ3v) is 2.54. The number of nitrogens with zero attached hydrogens (tertiary/aromatic N) is 2. The number of hydrogen-bond acceptors (Lipinski definition) is 3. The second kappa shape index (κ2) is 4.84. The van der Waals surface area contributed by atoms with Crippen molar-refractivity contribution in [3.8, 4) is 0 Å². The van der Waals surface area contributed by atoms with Gasteiger partial charge in [-0.05, 0) is 26.3 Å². The molecule has 0 bridgehead atoms. The molecule has 1 aromatic heterocycles. The van der Waals surface area contributed by atoms with Crippen molar-refractivity contribution in [2.75, 3.05) is 17.2 Å². The van der Waals surface area contributed by atoms with Crippen LogP contribution in [0.2, 0.25) is 0 Å². The molecule has 0 amide bonds. The lowest BCUT2D eigenvalue weighted by molar-refractivity contribution is 0.629. The maximum atomic E-state index is 5.70. The van der Waals surface area contributed by atoms with Crippen molar-refractivity contribution in [2.45, 2.75) is 33.2 Å². The lowest BCUT2D eigenvalue weighted by Gasteiger charge is -2.29. The predicted molar refractivity (Wildman–Crippen MR) is 61.4 cm³/mol. The first-order chi connectivity index (χ1) is 6.69. The summed E-state index contributed by atoms with van der Waals surface area (Å²) in [5.74, 6) is 0. The van der Waals surface area contributed by atoms with Gasteiger partial charge < -0.3 is 10.6 Å². The van der Waals surface area contributed by atoms with Gasteiger partial charge in [-0.1, -0.05) is 6.92 Å². The molecule has 3 heteroatoms. The molecule has 0 aliphatic rings. The van der Waals surface area contributed by atoms with Gasteiger partial charge >= 0.3 is 0 Å². The highest BCUT2D eigenvalue weighted by molar-refractivity contribution is 5.53. The number of pyridine rings is 1. The molecule has 0 aliphatic heterocycles. The largest absolute Gasteiger partial charge is 0.397 e. The van der Waals surface area contributed by atoms with E-state index in [0.29, 0.717) is 6.04 Å². The minimum atomic E-state index is 0.531. The van der Waals surface area contributed by atoms with Crippen molar-refractivity contribution in [1.82, 2.24) is 4.98 Å². The predicted octanol–water partition coefficient (Wildman–Crippen LogP) is 2.29. The normalized spacial score (nSPS) is 12.5. The molecule has 78 valence electrons. The molecule has 0 aromatic carbocycles. The standard InChI is InChI=1S/C11H19N3/c1-4-9(3)14(5-2)11-6-10(12)7-13-8-11/h6-9H,4-5,12H2,1-3H3. The Balaban J connectivity index is 2.89. The summed E-state index contributed by atoms with van der Waals surface area (Å²) in [7, 11) is 0. The highest BCUT2D eigenvalue weighted by Gasteiger charge is 2.10. The molecule has 2 N–H and O–H groups in total. The summed E-state index contributed by atoms with van der Waals surface area (Å²) in [5.41, 5.74) is 7.54. The molecular weight excluding hydrogens is 174 g/mol. The van der Waals surface area contributed by atoms with Gasteiger partial charge in [-0.15, -0.1) is 0 Å². The second-order valence-electron chi connectivity index (χ2n) is 3.52. The van der Waals surface area contributed by atoms with E-state index >= 15 is 0 Å². The van der Waals surface area contributed by atoms with Crippen LogP contribution in [0, 0.1) is 0 Å². The molecule has 0 spiro atoms. The van der Waals surface area contributed by atoms with E-state index in [4.69, 9.17) is 5.73 Å². The van der Waals surface area contributed by atoms with Gasteiger partial charge in [0.15, 0.2) is 0 Å². The van der Waals surface area contributed by atoms with Crippen LogP contribution in [-0.4, -0.2) is 17.6 Å². The van der Waals surface area contributed by atoms with E-state index < -0.39 is 0 Å². The molecule has 0 saturated carbocycles. The highest BCUT2D eigenvalue weighted by atomic mass is 15.2. The summed E-state index contributed by atoms with van der Waals surface area (Å²) in [6.45, 7) is 7.54. The van der Waals surface area contributed by atoms with E-state index in [1.54, 1.807) is 6.20 Å². The zero-order chi connectivity index (χ0) is 10.6. The number of nitrogen functional groups attached to an aromatic ring is 1. The molecule has 1 heterocycles. The van der Waals surface area contributed by atoms with Crippen LogP contribution in [0.15, 0.2) is 18.5 Å². The molecule has 1 unspecified atom stereocenters. The van der Waals surface area contributed by atoms with Crippen LogP contribution in [-0.2, 0) is 0 Å². The zero-order valence-corrected chi connectivity index (χ0v) is 9.20. The van der Waals surface area contributed by atoms with Crippen LogP contribution in [0.4, 0.5) is 11.4 Å². The molecule has 3 nitrogen and oxygen atoms in total. The van der Waals surface area contributed by atoms with E-state index in [-0.39, 0.29) is 0 Å². The number of hydrogen-bond donors (Lipinski definition) is 1. The maximum Gasteiger partial charge on any atom is 0.0575 e. The van der Waals surface area contributed by atoms with Crippen LogP contribution in [0.3, 0.4) is 0 Å². The zero-order valence-electron chi connectivity index (χ0n) is 9.20. The Labute approximate surface area is 85.9 Å². The van der Waals surface area contributed by atoms with E-state index in [1.165, 1.54) is 0 Å². The Morgan fingerprint density at radius 3 is 2.64 bits per heavy atom. The van der Waals surface area contributed by atoms with Gasteiger partial charge in [-0.25, -0.2) is 0 Å². The Morgan fingerprint density at radius 1 is 1.43 bits per heavy atom. The van der Waals surface area contributed by atoms with Gasteiger partial charge in [0, 0.05) is 18.8 Å². The van der Waals surface area contributed by atoms with Crippen LogP contribution in [0.25, 0.3) is 0 Å². The molecule has 0 aliphatic carbocycles. The van der Waals surface area contributed by atoms with Gasteiger partial charge in [0.1, 0.15) is 0 Å². The van der Waals surface area contributed by atoms with Gasteiger partial charge in [-0.3, -0.25) is 4.98 Å². The molecule has 0 fully saturated rings. The Hall–Kier alpha value is -1.25. The fourth-order valence-electron chi connectivity index (χ4n) is 1.57. The summed E-state index contributed by atoms with van der Waals surface area (Å²) in [4.78, 5) is 6.41. The fourth-order valence-corrected chi connectivity index (χ4v) is 1.57. The smallest absolute Gasteiger partial charge is 0.0575 e. The number of aromatic nitrogens is 1. The average molecular weight is 193 g/mol. The van der Waals surface area contributed by atoms with Crippen molar-refractivity contribution in [1.29, 1.82) is 0 Å². The van der Waals surface area contributed by atoms with Gasteiger partial charge in [-0.2, -0.15) is 0 Å². The summed E-state index contributed by atoms with van der Waals surface area (Å²) >= 11 is 0. The lowest BCUT2D eigenvalue weighted by atomic mass is 10.2. The summed E-state index contributed by atoms with van der Waals surface area (Å²) in [5, 5.41) is 0.